The molecule has 0 bridgehead atoms. The zero-order chi connectivity index (χ0) is 50.7. The molecule has 0 aromatic carbocycles. The van der Waals surface area contributed by atoms with Crippen molar-refractivity contribution in [2.45, 2.75) is 329 Å². The van der Waals surface area contributed by atoms with Crippen molar-refractivity contribution < 1.29 is 28.6 Å². The highest BCUT2D eigenvalue weighted by atomic mass is 16.6. The summed E-state index contributed by atoms with van der Waals surface area (Å²) in [5.74, 6) is -0.883. The Labute approximate surface area is 435 Å². The molecule has 1 unspecified atom stereocenters. The molecular formula is C64H116O6. The number of carbonyl (C=O) groups excluding carboxylic acids is 3. The van der Waals surface area contributed by atoms with Gasteiger partial charge in [0.15, 0.2) is 6.10 Å². The van der Waals surface area contributed by atoms with Crippen molar-refractivity contribution in [3.8, 4) is 0 Å². The molecule has 0 aromatic heterocycles. The molecule has 0 aromatic rings. The summed E-state index contributed by atoms with van der Waals surface area (Å²) >= 11 is 0. The number of hydrogen-bond donors (Lipinski definition) is 0. The molecule has 1 atom stereocenters. The van der Waals surface area contributed by atoms with Gasteiger partial charge in [0, 0.05) is 19.3 Å². The minimum absolute atomic E-state index is 0.0795. The van der Waals surface area contributed by atoms with Gasteiger partial charge in [-0.25, -0.2) is 0 Å². The molecule has 0 radical (unpaired) electrons. The standard InChI is InChI=1S/C64H116O6/c1-4-7-10-13-16-19-22-25-28-31-32-34-36-39-42-45-48-51-54-57-63(66)69-60-61(59-68-62(65)56-53-50-47-44-41-38-35-30-27-24-21-18-15-12-9-6-3)70-64(67)58-55-52-49-46-43-40-37-33-29-26-23-20-17-14-11-8-5-2/h17,20,26,29-32,35,61H,4-16,18-19,21-25,27-28,33-34,36-60H2,1-3H3/b20-17-,29-26-,32-31-,35-30-. The van der Waals surface area contributed by atoms with Gasteiger partial charge < -0.3 is 14.2 Å². The van der Waals surface area contributed by atoms with E-state index >= 15 is 0 Å². The first-order chi connectivity index (χ1) is 34.5. The average molecular weight is 982 g/mol. The first-order valence-electron chi connectivity index (χ1n) is 30.6. The Kier molecular flexibility index (Phi) is 56.7. The summed E-state index contributed by atoms with van der Waals surface area (Å²) in [4.78, 5) is 38.2. The molecule has 0 amide bonds. The number of ether oxygens (including phenoxy) is 3. The highest BCUT2D eigenvalue weighted by molar-refractivity contribution is 5.71. The van der Waals surface area contributed by atoms with Gasteiger partial charge in [-0.05, 0) is 103 Å². The number of rotatable bonds is 56. The van der Waals surface area contributed by atoms with E-state index in [1.54, 1.807) is 0 Å². The molecular weight excluding hydrogens is 865 g/mol. The minimum Gasteiger partial charge on any atom is -0.462 e. The first kappa shape index (κ1) is 67.4. The van der Waals surface area contributed by atoms with Gasteiger partial charge in [0.05, 0.1) is 0 Å². The van der Waals surface area contributed by atoms with Crippen LogP contribution in [0.5, 0.6) is 0 Å². The predicted octanol–water partition coefficient (Wildman–Crippen LogP) is 20.6. The quantitative estimate of drug-likeness (QED) is 0.0261. The van der Waals surface area contributed by atoms with Crippen LogP contribution in [0.2, 0.25) is 0 Å². The van der Waals surface area contributed by atoms with Crippen LogP contribution in [0.15, 0.2) is 48.6 Å². The van der Waals surface area contributed by atoms with Crippen molar-refractivity contribution in [1.82, 2.24) is 0 Å². The van der Waals surface area contributed by atoms with Crippen LogP contribution in [-0.2, 0) is 28.6 Å². The molecule has 0 aliphatic carbocycles. The Balaban J connectivity index is 4.38. The van der Waals surface area contributed by atoms with Gasteiger partial charge >= 0.3 is 17.9 Å². The van der Waals surface area contributed by atoms with E-state index in [4.69, 9.17) is 14.2 Å². The molecule has 6 heteroatoms. The van der Waals surface area contributed by atoms with Crippen molar-refractivity contribution in [3.05, 3.63) is 48.6 Å². The summed E-state index contributed by atoms with van der Waals surface area (Å²) < 4.78 is 16.9. The number of esters is 3. The topological polar surface area (TPSA) is 78.9 Å². The smallest absolute Gasteiger partial charge is 0.306 e. The third-order valence-corrected chi connectivity index (χ3v) is 13.5. The summed E-state index contributed by atoms with van der Waals surface area (Å²) in [6.45, 7) is 6.64. The third-order valence-electron chi connectivity index (χ3n) is 13.5. The Bertz CT molecular complexity index is 1220. The van der Waals surface area contributed by atoms with Crippen LogP contribution in [0.4, 0.5) is 0 Å². The van der Waals surface area contributed by atoms with Gasteiger partial charge in [0.1, 0.15) is 13.2 Å². The molecule has 0 saturated carbocycles. The van der Waals surface area contributed by atoms with Crippen LogP contribution in [0.1, 0.15) is 323 Å². The molecule has 408 valence electrons. The number of unbranched alkanes of at least 4 members (excludes halogenated alkanes) is 37. The van der Waals surface area contributed by atoms with Crippen LogP contribution in [-0.4, -0.2) is 37.2 Å². The Morgan fingerprint density at radius 1 is 0.286 bits per heavy atom. The average Bonchev–Trinajstić information content (AvgIpc) is 3.36. The van der Waals surface area contributed by atoms with Gasteiger partial charge in [-0.15, -0.1) is 0 Å². The third kappa shape index (κ3) is 56.3. The summed E-state index contributed by atoms with van der Waals surface area (Å²) in [6, 6.07) is 0. The lowest BCUT2D eigenvalue weighted by Gasteiger charge is -2.18. The van der Waals surface area contributed by atoms with E-state index in [0.29, 0.717) is 19.3 Å². The van der Waals surface area contributed by atoms with Crippen molar-refractivity contribution >= 4 is 17.9 Å². The molecule has 6 nitrogen and oxygen atoms in total. The number of carbonyl (C=O) groups is 3. The Morgan fingerprint density at radius 3 is 0.829 bits per heavy atom. The van der Waals surface area contributed by atoms with Crippen LogP contribution >= 0.6 is 0 Å². The largest absolute Gasteiger partial charge is 0.462 e. The van der Waals surface area contributed by atoms with Crippen LogP contribution in [0.3, 0.4) is 0 Å². The second-order valence-corrected chi connectivity index (χ2v) is 20.6. The molecule has 0 aliphatic rings. The Hall–Kier alpha value is -2.63. The summed E-state index contributed by atoms with van der Waals surface area (Å²) in [5.41, 5.74) is 0. The number of allylic oxidation sites excluding steroid dienone is 8. The zero-order valence-electron chi connectivity index (χ0n) is 46.8. The molecule has 0 fully saturated rings. The second-order valence-electron chi connectivity index (χ2n) is 20.6. The molecule has 70 heavy (non-hydrogen) atoms. The normalized spacial score (nSPS) is 12.3. The highest BCUT2D eigenvalue weighted by Gasteiger charge is 2.19. The maximum atomic E-state index is 12.9. The van der Waals surface area contributed by atoms with E-state index < -0.39 is 6.10 Å². The fourth-order valence-electron chi connectivity index (χ4n) is 8.88. The molecule has 0 spiro atoms. The Morgan fingerprint density at radius 2 is 0.514 bits per heavy atom. The van der Waals surface area contributed by atoms with Crippen LogP contribution < -0.4 is 0 Å². The lowest BCUT2D eigenvalue weighted by molar-refractivity contribution is -0.167. The summed E-state index contributed by atoms with van der Waals surface area (Å²) in [6.07, 6.45) is 72.4. The van der Waals surface area contributed by atoms with Crippen LogP contribution in [0.25, 0.3) is 0 Å². The SMILES string of the molecule is CCCCC/C=C\C/C=C\CCCCCCCCCC(=O)OC(COC(=O)CCCCCCC/C=C\CCCCCCCCC)COC(=O)CCCCCCCCC/C=C\CCCCCCCCCC. The highest BCUT2D eigenvalue weighted by Crippen LogP contribution is 2.16. The van der Waals surface area contributed by atoms with E-state index in [2.05, 4.69) is 69.4 Å². The lowest BCUT2D eigenvalue weighted by atomic mass is 10.1. The van der Waals surface area contributed by atoms with E-state index in [1.165, 1.54) is 205 Å². The maximum Gasteiger partial charge on any atom is 0.306 e. The molecule has 0 saturated heterocycles. The maximum absolute atomic E-state index is 12.9. The molecule has 0 heterocycles. The van der Waals surface area contributed by atoms with E-state index in [-0.39, 0.29) is 31.1 Å². The minimum atomic E-state index is -0.782. The molecule has 0 aliphatic heterocycles. The number of hydrogen-bond acceptors (Lipinski definition) is 6. The zero-order valence-corrected chi connectivity index (χ0v) is 46.8. The fraction of sp³-hybridized carbons (Fsp3) is 0.828. The van der Waals surface area contributed by atoms with Gasteiger partial charge in [-0.1, -0.05) is 249 Å². The molecule has 0 rings (SSSR count). The van der Waals surface area contributed by atoms with Crippen LogP contribution in [0, 0.1) is 0 Å². The van der Waals surface area contributed by atoms with Crippen molar-refractivity contribution in [2.75, 3.05) is 13.2 Å². The van der Waals surface area contributed by atoms with Crippen molar-refractivity contribution in [1.29, 1.82) is 0 Å². The van der Waals surface area contributed by atoms with E-state index in [1.807, 2.05) is 0 Å². The van der Waals surface area contributed by atoms with E-state index in [9.17, 15) is 14.4 Å². The molecule has 0 N–H and O–H groups in total. The lowest BCUT2D eigenvalue weighted by Crippen LogP contribution is -2.30. The van der Waals surface area contributed by atoms with Gasteiger partial charge in [-0.3, -0.25) is 14.4 Å². The summed E-state index contributed by atoms with van der Waals surface area (Å²) in [5, 5.41) is 0. The summed E-state index contributed by atoms with van der Waals surface area (Å²) in [7, 11) is 0. The van der Waals surface area contributed by atoms with Gasteiger partial charge in [0.2, 0.25) is 0 Å². The fourth-order valence-corrected chi connectivity index (χ4v) is 8.88. The monoisotopic (exact) mass is 981 g/mol. The van der Waals surface area contributed by atoms with Crippen molar-refractivity contribution in [2.24, 2.45) is 0 Å². The van der Waals surface area contributed by atoms with Gasteiger partial charge in [0.25, 0.3) is 0 Å². The predicted molar refractivity (Wildman–Crippen MR) is 302 cm³/mol. The second kappa shape index (κ2) is 58.9. The van der Waals surface area contributed by atoms with Crippen molar-refractivity contribution in [3.63, 3.8) is 0 Å². The first-order valence-corrected chi connectivity index (χ1v) is 30.6. The van der Waals surface area contributed by atoms with E-state index in [0.717, 1.165) is 77.0 Å². The van der Waals surface area contributed by atoms with Gasteiger partial charge in [-0.2, -0.15) is 0 Å².